The quantitative estimate of drug-likeness (QED) is 0.640. The summed E-state index contributed by atoms with van der Waals surface area (Å²) in [6.45, 7) is 1.98. The van der Waals surface area contributed by atoms with Crippen LogP contribution in [0.1, 0.15) is 35.2 Å². The van der Waals surface area contributed by atoms with Gasteiger partial charge >= 0.3 is 0 Å². The minimum absolute atomic E-state index is 0.0422. The lowest BCUT2D eigenvalue weighted by molar-refractivity contribution is 0.0728. The van der Waals surface area contributed by atoms with Crippen molar-refractivity contribution in [1.29, 1.82) is 0 Å². The third-order valence-corrected chi connectivity index (χ3v) is 6.28. The maximum atomic E-state index is 13.6. The highest BCUT2D eigenvalue weighted by atomic mass is 79.9. The molecule has 1 N–H and O–H groups in total. The van der Waals surface area contributed by atoms with Gasteiger partial charge in [0.2, 0.25) is 5.89 Å². The molecule has 148 valence electrons. The summed E-state index contributed by atoms with van der Waals surface area (Å²) < 4.78 is 6.22. The molecule has 0 saturated carbocycles. The van der Waals surface area contributed by atoms with E-state index in [1.165, 1.54) is 6.26 Å². The van der Waals surface area contributed by atoms with Gasteiger partial charge in [0, 0.05) is 6.04 Å². The largest absolute Gasteiger partial charge is 0.444 e. The number of nitrogens with one attached hydrogen (secondary N) is 1. The summed E-state index contributed by atoms with van der Waals surface area (Å²) in [6, 6.07) is 6.30. The predicted octanol–water partition coefficient (Wildman–Crippen LogP) is 4.06. The van der Waals surface area contributed by atoms with Gasteiger partial charge in [0.05, 0.1) is 41.8 Å². The van der Waals surface area contributed by atoms with Crippen LogP contribution in [-0.4, -0.2) is 43.9 Å². The van der Waals surface area contributed by atoms with Crippen LogP contribution in [0.5, 0.6) is 0 Å². The average Bonchev–Trinajstić information content (AvgIpc) is 3.45. The van der Waals surface area contributed by atoms with Crippen molar-refractivity contribution in [2.45, 2.75) is 44.3 Å². The maximum Gasteiger partial charge on any atom is 0.255 e. The van der Waals surface area contributed by atoms with Crippen LogP contribution < -0.4 is 5.32 Å². The molecule has 5 rings (SSSR count). The van der Waals surface area contributed by atoms with E-state index in [0.29, 0.717) is 16.1 Å². The van der Waals surface area contributed by atoms with Gasteiger partial charge in [0.1, 0.15) is 16.7 Å². The minimum Gasteiger partial charge on any atom is -0.444 e. The molecule has 2 saturated heterocycles. The Bertz CT molecular complexity index is 1040. The second-order valence-electron chi connectivity index (χ2n) is 7.56. The summed E-state index contributed by atoms with van der Waals surface area (Å²) in [6.07, 6.45) is 9.45. The highest BCUT2D eigenvalue weighted by molar-refractivity contribution is 9.10. The van der Waals surface area contributed by atoms with Gasteiger partial charge in [-0.15, -0.1) is 0 Å². The molecule has 3 atom stereocenters. The zero-order valence-electron chi connectivity index (χ0n) is 15.9. The number of hydrogen-bond donors (Lipinski definition) is 1. The Morgan fingerprint density at radius 1 is 1.24 bits per heavy atom. The van der Waals surface area contributed by atoms with Gasteiger partial charge in [-0.2, -0.15) is 0 Å². The van der Waals surface area contributed by atoms with Crippen LogP contribution in [0, 0.1) is 6.92 Å². The third-order valence-electron chi connectivity index (χ3n) is 5.87. The van der Waals surface area contributed by atoms with Gasteiger partial charge < -0.3 is 14.6 Å². The van der Waals surface area contributed by atoms with Crippen LogP contribution in [0.15, 0.2) is 52.1 Å². The van der Waals surface area contributed by atoms with Gasteiger partial charge in [-0.05, 0) is 53.7 Å². The molecule has 0 aliphatic carbocycles. The number of aromatic nitrogens is 3. The van der Waals surface area contributed by atoms with Gasteiger partial charge in [-0.1, -0.05) is 12.1 Å². The summed E-state index contributed by atoms with van der Waals surface area (Å²) in [5.41, 5.74) is 2.40. The number of carbonyl (C=O) groups excluding carboxylic acids is 1. The molecule has 2 aromatic heterocycles. The van der Waals surface area contributed by atoms with Crippen molar-refractivity contribution in [3.8, 4) is 11.5 Å². The standard InChI is InChI=1S/C21H20BrN5O2/c1-12-3-2-4-14(19(12)20-23-7-8-29-20)21(28)27-13-5-6-16(27)15(9-13)26-18-11-24-17(22)10-25-18/h2-4,7-8,10-11,13,15-16H,5-6,9H2,1H3,(H,25,26)/t13-,15-,16+/m1/s1. The van der Waals surface area contributed by atoms with Crippen molar-refractivity contribution in [3.63, 3.8) is 0 Å². The lowest BCUT2D eigenvalue weighted by Gasteiger charge is -2.26. The summed E-state index contributed by atoms with van der Waals surface area (Å²) >= 11 is 3.31. The number of hydrogen-bond acceptors (Lipinski definition) is 6. The van der Waals surface area contributed by atoms with Crippen molar-refractivity contribution in [2.24, 2.45) is 0 Å². The van der Waals surface area contributed by atoms with Gasteiger partial charge in [-0.25, -0.2) is 15.0 Å². The number of benzene rings is 1. The monoisotopic (exact) mass is 453 g/mol. The van der Waals surface area contributed by atoms with Crippen molar-refractivity contribution >= 4 is 27.7 Å². The van der Waals surface area contributed by atoms with Crippen LogP contribution in [-0.2, 0) is 0 Å². The Morgan fingerprint density at radius 2 is 2.14 bits per heavy atom. The number of nitrogens with zero attached hydrogens (tertiary/aromatic N) is 4. The van der Waals surface area contributed by atoms with Gasteiger partial charge in [0.15, 0.2) is 0 Å². The molecule has 1 aromatic carbocycles. The zero-order valence-corrected chi connectivity index (χ0v) is 17.5. The molecule has 3 aromatic rings. The van der Waals surface area contributed by atoms with E-state index < -0.39 is 0 Å². The third kappa shape index (κ3) is 3.21. The van der Waals surface area contributed by atoms with Crippen LogP contribution in [0.25, 0.3) is 11.5 Å². The number of halogens is 1. The maximum absolute atomic E-state index is 13.6. The summed E-state index contributed by atoms with van der Waals surface area (Å²) in [7, 11) is 0. The smallest absolute Gasteiger partial charge is 0.255 e. The van der Waals surface area contributed by atoms with E-state index in [-0.39, 0.29) is 24.0 Å². The predicted molar refractivity (Wildman–Crippen MR) is 111 cm³/mol. The topological polar surface area (TPSA) is 84.2 Å². The van der Waals surface area contributed by atoms with Crippen molar-refractivity contribution in [3.05, 3.63) is 58.8 Å². The number of fused-ring (bicyclic) bond motifs is 2. The van der Waals surface area contributed by atoms with Crippen LogP contribution in [0.4, 0.5) is 5.82 Å². The molecular weight excluding hydrogens is 434 g/mol. The molecule has 2 bridgehead atoms. The Kier molecular flexibility index (Phi) is 4.58. The Morgan fingerprint density at radius 3 is 2.90 bits per heavy atom. The number of oxazole rings is 1. The Balaban J connectivity index is 1.43. The van der Waals surface area contributed by atoms with Gasteiger partial charge in [0.25, 0.3) is 5.91 Å². The van der Waals surface area contributed by atoms with Crippen molar-refractivity contribution in [2.75, 3.05) is 5.32 Å². The molecule has 4 heterocycles. The first-order valence-corrected chi connectivity index (χ1v) is 10.5. The average molecular weight is 454 g/mol. The lowest BCUT2D eigenvalue weighted by atomic mass is 9.95. The van der Waals surface area contributed by atoms with E-state index in [1.807, 2.05) is 30.0 Å². The minimum atomic E-state index is 0.0422. The first kappa shape index (κ1) is 18.3. The molecule has 2 aliphatic heterocycles. The molecule has 0 unspecified atom stereocenters. The highest BCUT2D eigenvalue weighted by Crippen LogP contribution is 2.41. The fourth-order valence-corrected chi connectivity index (χ4v) is 4.86. The van der Waals surface area contributed by atoms with E-state index >= 15 is 0 Å². The van der Waals surface area contributed by atoms with Crippen LogP contribution in [0.3, 0.4) is 0 Å². The van der Waals surface area contributed by atoms with Crippen LogP contribution >= 0.6 is 15.9 Å². The molecule has 0 radical (unpaired) electrons. The van der Waals surface area contributed by atoms with E-state index in [1.54, 1.807) is 18.6 Å². The highest BCUT2D eigenvalue weighted by Gasteiger charge is 2.49. The van der Waals surface area contributed by atoms with E-state index in [9.17, 15) is 4.79 Å². The second kappa shape index (κ2) is 7.26. The Labute approximate surface area is 176 Å². The number of carbonyl (C=O) groups is 1. The summed E-state index contributed by atoms with van der Waals surface area (Å²) in [4.78, 5) is 28.5. The first-order valence-electron chi connectivity index (χ1n) is 9.68. The molecule has 2 aliphatic rings. The zero-order chi connectivity index (χ0) is 20.0. The second-order valence-corrected chi connectivity index (χ2v) is 8.37. The van der Waals surface area contributed by atoms with Gasteiger partial charge in [-0.3, -0.25) is 4.79 Å². The molecule has 0 spiro atoms. The fourth-order valence-electron chi connectivity index (χ4n) is 4.65. The van der Waals surface area contributed by atoms with Crippen molar-refractivity contribution < 1.29 is 9.21 Å². The molecule has 8 heteroatoms. The molecule has 7 nitrogen and oxygen atoms in total. The summed E-state index contributed by atoms with van der Waals surface area (Å²) in [5.74, 6) is 1.26. The number of amides is 1. The first-order chi connectivity index (χ1) is 14.1. The van der Waals surface area contributed by atoms with Crippen LogP contribution in [0.2, 0.25) is 0 Å². The molecule has 2 fully saturated rings. The lowest BCUT2D eigenvalue weighted by Crippen LogP contribution is -2.40. The molecule has 29 heavy (non-hydrogen) atoms. The van der Waals surface area contributed by atoms with E-state index in [2.05, 4.69) is 36.2 Å². The number of aryl methyl sites for hydroxylation is 1. The SMILES string of the molecule is Cc1cccc(C(=O)N2[C@@H]3CC[C@H]2[C@H](Nc2cnc(Br)cn2)C3)c1-c1ncco1. The molecule has 1 amide bonds. The Hall–Kier alpha value is -2.74. The summed E-state index contributed by atoms with van der Waals surface area (Å²) in [5, 5.41) is 3.47. The number of rotatable bonds is 4. The van der Waals surface area contributed by atoms with E-state index in [4.69, 9.17) is 4.42 Å². The number of anilines is 1. The normalized spacial score (nSPS) is 22.8. The molecular formula is C21H20BrN5O2. The fraction of sp³-hybridized carbons (Fsp3) is 0.333. The van der Waals surface area contributed by atoms with Crippen molar-refractivity contribution in [1.82, 2.24) is 19.9 Å². The van der Waals surface area contributed by atoms with E-state index in [0.717, 1.165) is 36.2 Å².